The van der Waals surface area contributed by atoms with Crippen molar-refractivity contribution in [2.75, 3.05) is 14.1 Å². The van der Waals surface area contributed by atoms with Crippen LogP contribution in [0.4, 0.5) is 0 Å². The molecule has 15 heavy (non-hydrogen) atoms. The lowest BCUT2D eigenvalue weighted by Gasteiger charge is -1.93. The lowest BCUT2D eigenvalue weighted by molar-refractivity contribution is -0.115. The van der Waals surface area contributed by atoms with E-state index in [0.717, 1.165) is 16.6 Å². The van der Waals surface area contributed by atoms with Gasteiger partial charge in [0.05, 0.1) is 0 Å². The lowest BCUT2D eigenvalue weighted by Crippen LogP contribution is -2.06. The van der Waals surface area contributed by atoms with Crippen molar-refractivity contribution in [3.8, 4) is 0 Å². The monoisotopic (exact) mass is 243 g/mol. The fraction of sp³-hybridized carbons (Fsp3) is 0.222. The Hall–Kier alpha value is -1.20. The second kappa shape index (κ2) is 5.63. The Morgan fingerprint density at radius 3 is 2.67 bits per heavy atom. The Morgan fingerprint density at radius 2 is 2.13 bits per heavy atom. The number of carbonyl (C=O) groups is 1. The molecule has 0 N–H and O–H groups in total. The van der Waals surface area contributed by atoms with Gasteiger partial charge in [0.25, 0.3) is 0 Å². The van der Waals surface area contributed by atoms with Crippen LogP contribution in [0.15, 0.2) is 17.8 Å². The van der Waals surface area contributed by atoms with Gasteiger partial charge in [0, 0.05) is 19.5 Å². The number of carbonyl (C=O) groups excluding carboxylic acids is 1. The Bertz CT molecular complexity index is 444. The molecule has 0 bridgehead atoms. The maximum Gasteiger partial charge on any atom is 0.209 e. The molecule has 2 heterocycles. The minimum Gasteiger partial charge on any atom is -0.351 e. The molecule has 0 aliphatic heterocycles. The van der Waals surface area contributed by atoms with Crippen molar-refractivity contribution in [2.45, 2.75) is 0 Å². The van der Waals surface area contributed by atoms with E-state index in [1.165, 1.54) is 11.2 Å². The van der Waals surface area contributed by atoms with E-state index in [4.69, 9.17) is 11.6 Å². The molecule has 0 spiro atoms. The third-order valence-electron chi connectivity index (χ3n) is 1.42. The summed E-state index contributed by atoms with van der Waals surface area (Å²) in [5, 5.41) is 3.42. The topological polar surface area (TPSA) is 46.1 Å². The number of aromatic nitrogens is 2. The molecule has 2 rings (SSSR count). The molecule has 0 fully saturated rings. The molecule has 0 aromatic carbocycles. The highest BCUT2D eigenvalue weighted by Crippen LogP contribution is 2.22. The Labute approximate surface area is 96.5 Å². The quantitative estimate of drug-likeness (QED) is 0.569. The summed E-state index contributed by atoms with van der Waals surface area (Å²) in [6.07, 6.45) is 2.22. The van der Waals surface area contributed by atoms with Gasteiger partial charge < -0.3 is 4.90 Å². The van der Waals surface area contributed by atoms with Crippen molar-refractivity contribution in [1.82, 2.24) is 14.9 Å². The predicted molar refractivity (Wildman–Crippen MR) is 62.2 cm³/mol. The average Bonchev–Trinajstić information content (AvgIpc) is 2.68. The fourth-order valence-corrected chi connectivity index (χ4v) is 1.74. The largest absolute Gasteiger partial charge is 0.351 e. The number of hydrogen-bond acceptors (Lipinski definition) is 4. The van der Waals surface area contributed by atoms with Crippen molar-refractivity contribution in [3.63, 3.8) is 0 Å². The van der Waals surface area contributed by atoms with Gasteiger partial charge in [-0.1, -0.05) is 11.6 Å². The van der Waals surface area contributed by atoms with Crippen LogP contribution in [0.2, 0.25) is 5.15 Å². The summed E-state index contributed by atoms with van der Waals surface area (Å²) in [6, 6.07) is 1.92. The van der Waals surface area contributed by atoms with Crippen molar-refractivity contribution in [3.05, 3.63) is 22.9 Å². The molecule has 1 amide bonds. The minimum absolute atomic E-state index is 0.534. The van der Waals surface area contributed by atoms with Gasteiger partial charge >= 0.3 is 0 Å². The summed E-state index contributed by atoms with van der Waals surface area (Å²) in [7, 11) is 3.38. The van der Waals surface area contributed by atoms with E-state index in [0.29, 0.717) is 5.15 Å². The lowest BCUT2D eigenvalue weighted by atomic mass is 10.4. The first kappa shape index (κ1) is 11.9. The normalized spacial score (nSPS) is 9.27. The number of thiophene rings is 1. The molecule has 2 aromatic heterocycles. The van der Waals surface area contributed by atoms with Crippen LogP contribution in [0, 0.1) is 0 Å². The number of rotatable bonds is 1. The molecule has 0 saturated carbocycles. The van der Waals surface area contributed by atoms with Crippen LogP contribution in [0.3, 0.4) is 0 Å². The zero-order valence-electron chi connectivity index (χ0n) is 8.35. The molecule has 80 valence electrons. The minimum atomic E-state index is 0.534. The van der Waals surface area contributed by atoms with Gasteiger partial charge in [-0.15, -0.1) is 11.3 Å². The predicted octanol–water partition coefficient (Wildman–Crippen LogP) is 2.05. The van der Waals surface area contributed by atoms with Crippen molar-refractivity contribution < 1.29 is 4.79 Å². The van der Waals surface area contributed by atoms with Gasteiger partial charge in [-0.3, -0.25) is 4.79 Å². The van der Waals surface area contributed by atoms with E-state index in [1.807, 2.05) is 11.4 Å². The summed E-state index contributed by atoms with van der Waals surface area (Å²) >= 11 is 7.32. The number of amides is 1. The molecular weight excluding hydrogens is 234 g/mol. The Morgan fingerprint density at radius 1 is 1.47 bits per heavy atom. The molecule has 0 unspecified atom stereocenters. The first-order valence-corrected chi connectivity index (χ1v) is 5.36. The average molecular weight is 244 g/mol. The van der Waals surface area contributed by atoms with Crippen molar-refractivity contribution in [2.24, 2.45) is 0 Å². The van der Waals surface area contributed by atoms with E-state index in [-0.39, 0.29) is 0 Å². The van der Waals surface area contributed by atoms with Crippen LogP contribution in [0.5, 0.6) is 0 Å². The summed E-state index contributed by atoms with van der Waals surface area (Å²) in [4.78, 5) is 19.7. The highest BCUT2D eigenvalue weighted by Gasteiger charge is 1.99. The molecule has 0 saturated heterocycles. The number of nitrogens with zero attached hydrogens (tertiary/aromatic N) is 3. The Balaban J connectivity index is 0.000000195. The standard InChI is InChI=1S/C6H3ClN2S.C3H7NO/c7-5-4-1-2-10-6(4)9-3-8-5;1-4(2)3-5/h1-3H;3H,1-2H3. The third kappa shape index (κ3) is 3.45. The van der Waals surface area contributed by atoms with Gasteiger partial charge in [0.2, 0.25) is 6.41 Å². The number of halogens is 1. The van der Waals surface area contributed by atoms with E-state index < -0.39 is 0 Å². The maximum absolute atomic E-state index is 9.43. The van der Waals surface area contributed by atoms with Gasteiger partial charge in [0.15, 0.2) is 0 Å². The molecule has 0 aliphatic rings. The third-order valence-corrected chi connectivity index (χ3v) is 2.55. The number of fused-ring (bicyclic) bond motifs is 1. The maximum atomic E-state index is 9.43. The second-order valence-electron chi connectivity index (χ2n) is 2.87. The SMILES string of the molecule is CN(C)C=O.Clc1ncnc2sccc12. The van der Waals surface area contributed by atoms with E-state index >= 15 is 0 Å². The Kier molecular flexibility index (Phi) is 4.45. The summed E-state index contributed by atoms with van der Waals surface area (Å²) in [5.74, 6) is 0. The van der Waals surface area contributed by atoms with Gasteiger partial charge in [-0.25, -0.2) is 9.97 Å². The summed E-state index contributed by atoms with van der Waals surface area (Å²) in [6.45, 7) is 0. The van der Waals surface area contributed by atoms with E-state index in [9.17, 15) is 4.79 Å². The molecule has 6 heteroatoms. The van der Waals surface area contributed by atoms with Gasteiger partial charge in [0.1, 0.15) is 16.3 Å². The van der Waals surface area contributed by atoms with Crippen LogP contribution in [-0.4, -0.2) is 35.4 Å². The second-order valence-corrected chi connectivity index (χ2v) is 4.13. The van der Waals surface area contributed by atoms with Crippen LogP contribution >= 0.6 is 22.9 Å². The fourth-order valence-electron chi connectivity index (χ4n) is 0.760. The first-order chi connectivity index (χ1) is 7.15. The van der Waals surface area contributed by atoms with Gasteiger partial charge in [-0.2, -0.15) is 0 Å². The first-order valence-electron chi connectivity index (χ1n) is 4.10. The number of hydrogen-bond donors (Lipinski definition) is 0. The molecule has 0 atom stereocenters. The van der Waals surface area contributed by atoms with Crippen LogP contribution in [0.25, 0.3) is 10.2 Å². The van der Waals surface area contributed by atoms with Crippen LogP contribution < -0.4 is 0 Å². The molecule has 2 aromatic rings. The molecule has 0 radical (unpaired) electrons. The van der Waals surface area contributed by atoms with Crippen LogP contribution in [0.1, 0.15) is 0 Å². The highest BCUT2D eigenvalue weighted by molar-refractivity contribution is 7.16. The van der Waals surface area contributed by atoms with Gasteiger partial charge in [-0.05, 0) is 11.4 Å². The smallest absolute Gasteiger partial charge is 0.209 e. The van der Waals surface area contributed by atoms with Crippen molar-refractivity contribution >= 4 is 39.6 Å². The molecule has 4 nitrogen and oxygen atoms in total. The zero-order chi connectivity index (χ0) is 11.3. The van der Waals surface area contributed by atoms with Crippen LogP contribution in [-0.2, 0) is 4.79 Å². The van der Waals surface area contributed by atoms with E-state index in [1.54, 1.807) is 25.4 Å². The van der Waals surface area contributed by atoms with E-state index in [2.05, 4.69) is 9.97 Å². The highest BCUT2D eigenvalue weighted by atomic mass is 35.5. The zero-order valence-corrected chi connectivity index (χ0v) is 9.92. The molecule has 0 aliphatic carbocycles. The molecular formula is C9H10ClN3OS. The summed E-state index contributed by atoms with van der Waals surface area (Å²) in [5.41, 5.74) is 0. The summed E-state index contributed by atoms with van der Waals surface area (Å²) < 4.78 is 0. The van der Waals surface area contributed by atoms with Crippen molar-refractivity contribution in [1.29, 1.82) is 0 Å².